The fourth-order valence-corrected chi connectivity index (χ4v) is 5.18. The van der Waals surface area contributed by atoms with Crippen LogP contribution in [0.5, 0.6) is 5.75 Å². The molecule has 3 aromatic rings. The van der Waals surface area contributed by atoms with Crippen LogP contribution in [0.1, 0.15) is 33.9 Å². The fourth-order valence-electron chi connectivity index (χ4n) is 4.66. The molecule has 1 fully saturated rings. The third-order valence-corrected chi connectivity index (χ3v) is 6.79. The van der Waals surface area contributed by atoms with Gasteiger partial charge in [0.15, 0.2) is 0 Å². The molecule has 3 aromatic carbocycles. The minimum atomic E-state index is 0.109. The number of benzene rings is 3. The first-order valence-electron chi connectivity index (χ1n) is 10.8. The molecule has 4 rings (SSSR count). The number of rotatable bonds is 4. The lowest BCUT2D eigenvalue weighted by molar-refractivity contribution is 0.315. The number of halogens is 2. The van der Waals surface area contributed by atoms with Crippen LogP contribution in [0.15, 0.2) is 61.2 Å². The molecule has 0 aromatic heterocycles. The predicted molar refractivity (Wildman–Crippen MR) is 136 cm³/mol. The van der Waals surface area contributed by atoms with E-state index in [1.165, 1.54) is 11.1 Å². The quantitative estimate of drug-likeness (QED) is 0.441. The Morgan fingerprint density at radius 2 is 1.59 bits per heavy atom. The molecule has 0 spiro atoms. The Morgan fingerprint density at radius 3 is 2.22 bits per heavy atom. The number of anilines is 1. The lowest BCUT2D eigenvalue weighted by Crippen LogP contribution is -2.47. The molecule has 3 nitrogen and oxygen atoms in total. The molecule has 0 amide bonds. The molecule has 0 aliphatic carbocycles. The van der Waals surface area contributed by atoms with Crippen LogP contribution in [0.2, 0.25) is 10.0 Å². The van der Waals surface area contributed by atoms with Crippen LogP contribution in [0, 0.1) is 20.8 Å². The minimum absolute atomic E-state index is 0.109. The van der Waals surface area contributed by atoms with Gasteiger partial charge in [0.1, 0.15) is 5.75 Å². The summed E-state index contributed by atoms with van der Waals surface area (Å²) in [6, 6.07) is 18.1. The molecular weight excluding hydrogens is 439 g/mol. The van der Waals surface area contributed by atoms with E-state index < -0.39 is 0 Å². The average Bonchev–Trinajstić information content (AvgIpc) is 2.73. The van der Waals surface area contributed by atoms with Gasteiger partial charge in [0, 0.05) is 35.9 Å². The molecule has 166 valence electrons. The largest absolute Gasteiger partial charge is 0.508 e. The van der Waals surface area contributed by atoms with E-state index in [0.717, 1.165) is 47.7 Å². The van der Waals surface area contributed by atoms with Gasteiger partial charge in [-0.25, -0.2) is 0 Å². The Hall–Kier alpha value is -2.62. The molecule has 1 aliphatic rings. The van der Waals surface area contributed by atoms with Crippen molar-refractivity contribution in [3.63, 3.8) is 0 Å². The Labute approximate surface area is 200 Å². The predicted octanol–water partition coefficient (Wildman–Crippen LogP) is 7.16. The molecule has 1 atom stereocenters. The number of phenols is 1. The van der Waals surface area contributed by atoms with Crippen LogP contribution in [0.25, 0.3) is 5.70 Å². The monoisotopic (exact) mass is 466 g/mol. The number of phenolic OH excluding ortho intramolecular Hbond substituents is 1. The van der Waals surface area contributed by atoms with E-state index in [0.29, 0.717) is 10.0 Å². The molecule has 1 unspecified atom stereocenters. The van der Waals surface area contributed by atoms with Crippen molar-refractivity contribution >= 4 is 34.6 Å². The highest BCUT2D eigenvalue weighted by Gasteiger charge is 2.31. The second-order valence-corrected chi connectivity index (χ2v) is 9.41. The number of aromatic hydroxyl groups is 1. The third kappa shape index (κ3) is 4.46. The van der Waals surface area contributed by atoms with Gasteiger partial charge in [0.05, 0.1) is 16.8 Å². The van der Waals surface area contributed by atoms with Crippen molar-refractivity contribution in [3.8, 4) is 5.75 Å². The Bertz CT molecular complexity index is 1130. The summed E-state index contributed by atoms with van der Waals surface area (Å²) in [7, 11) is 0. The molecule has 0 bridgehead atoms. The van der Waals surface area contributed by atoms with Gasteiger partial charge in [-0.15, -0.1) is 0 Å². The molecule has 5 heteroatoms. The number of aryl methyl sites for hydroxylation is 3. The molecule has 1 aliphatic heterocycles. The molecule has 0 saturated carbocycles. The molecule has 0 radical (unpaired) electrons. The van der Waals surface area contributed by atoms with Crippen molar-refractivity contribution in [1.82, 2.24) is 4.90 Å². The van der Waals surface area contributed by atoms with Gasteiger partial charge in [-0.2, -0.15) is 0 Å². The summed E-state index contributed by atoms with van der Waals surface area (Å²) in [5.41, 5.74) is 7.60. The van der Waals surface area contributed by atoms with Crippen molar-refractivity contribution in [2.45, 2.75) is 26.8 Å². The topological polar surface area (TPSA) is 26.7 Å². The number of hydrogen-bond acceptors (Lipinski definition) is 3. The summed E-state index contributed by atoms with van der Waals surface area (Å²) < 4.78 is 0. The lowest BCUT2D eigenvalue weighted by atomic mass is 9.96. The normalized spacial score (nSPS) is 16.3. The minimum Gasteiger partial charge on any atom is -0.508 e. The maximum absolute atomic E-state index is 9.96. The van der Waals surface area contributed by atoms with E-state index >= 15 is 0 Å². The van der Waals surface area contributed by atoms with Crippen LogP contribution in [0.3, 0.4) is 0 Å². The van der Waals surface area contributed by atoms with Crippen LogP contribution in [0.4, 0.5) is 5.69 Å². The van der Waals surface area contributed by atoms with Gasteiger partial charge in [0.25, 0.3) is 0 Å². The number of piperazine rings is 1. The van der Waals surface area contributed by atoms with E-state index in [9.17, 15) is 5.11 Å². The number of nitrogens with zero attached hydrogens (tertiary/aromatic N) is 2. The van der Waals surface area contributed by atoms with Crippen LogP contribution < -0.4 is 4.90 Å². The highest BCUT2D eigenvalue weighted by atomic mass is 35.5. The molecular formula is C27H28Cl2N2O. The van der Waals surface area contributed by atoms with Crippen LogP contribution in [-0.2, 0) is 0 Å². The van der Waals surface area contributed by atoms with Crippen molar-refractivity contribution in [3.05, 3.63) is 99.0 Å². The maximum atomic E-state index is 9.96. The van der Waals surface area contributed by atoms with E-state index in [1.807, 2.05) is 26.0 Å². The van der Waals surface area contributed by atoms with E-state index in [1.54, 1.807) is 18.2 Å². The second-order valence-electron chi connectivity index (χ2n) is 8.56. The third-order valence-electron chi connectivity index (χ3n) is 6.25. The molecule has 1 N–H and O–H groups in total. The van der Waals surface area contributed by atoms with Crippen molar-refractivity contribution in [2.75, 3.05) is 24.5 Å². The fraction of sp³-hybridized carbons (Fsp3) is 0.259. The summed E-state index contributed by atoms with van der Waals surface area (Å²) in [5.74, 6) is 0.288. The highest BCUT2D eigenvalue weighted by Crippen LogP contribution is 2.39. The maximum Gasteiger partial charge on any atom is 0.116 e. The van der Waals surface area contributed by atoms with Crippen molar-refractivity contribution in [2.24, 2.45) is 0 Å². The second kappa shape index (κ2) is 9.09. The van der Waals surface area contributed by atoms with E-state index in [4.69, 9.17) is 23.2 Å². The van der Waals surface area contributed by atoms with Crippen molar-refractivity contribution in [1.29, 1.82) is 0 Å². The van der Waals surface area contributed by atoms with Gasteiger partial charge < -0.3 is 14.9 Å². The van der Waals surface area contributed by atoms with Gasteiger partial charge in [0.2, 0.25) is 0 Å². The van der Waals surface area contributed by atoms with Gasteiger partial charge >= 0.3 is 0 Å². The highest BCUT2D eigenvalue weighted by molar-refractivity contribution is 6.36. The Balaban J connectivity index is 1.70. The van der Waals surface area contributed by atoms with Gasteiger partial charge in [-0.3, -0.25) is 0 Å². The lowest BCUT2D eigenvalue weighted by Gasteiger charge is -2.45. The zero-order valence-corrected chi connectivity index (χ0v) is 20.2. The Morgan fingerprint density at radius 1 is 0.938 bits per heavy atom. The first-order chi connectivity index (χ1) is 15.2. The molecule has 32 heavy (non-hydrogen) atoms. The summed E-state index contributed by atoms with van der Waals surface area (Å²) in [5, 5.41) is 11.3. The number of hydrogen-bond donors (Lipinski definition) is 1. The molecule has 1 saturated heterocycles. The first kappa shape index (κ1) is 22.6. The van der Waals surface area contributed by atoms with Crippen molar-refractivity contribution < 1.29 is 5.11 Å². The van der Waals surface area contributed by atoms with Gasteiger partial charge in [-0.05, 0) is 67.8 Å². The smallest absolute Gasteiger partial charge is 0.116 e. The Kier molecular flexibility index (Phi) is 6.41. The van der Waals surface area contributed by atoms with E-state index in [-0.39, 0.29) is 11.8 Å². The summed E-state index contributed by atoms with van der Waals surface area (Å²) in [4.78, 5) is 4.71. The summed E-state index contributed by atoms with van der Waals surface area (Å²) in [6.45, 7) is 13.0. The van der Waals surface area contributed by atoms with Crippen LogP contribution >= 0.6 is 23.2 Å². The van der Waals surface area contributed by atoms with E-state index in [2.05, 4.69) is 47.6 Å². The average molecular weight is 467 g/mol. The SMILES string of the molecule is C=C(c1c(C)cc(O)cc1C)N1CCN(c2ccc(Cl)cc2Cl)C(c2ccc(C)cc2)C1. The summed E-state index contributed by atoms with van der Waals surface area (Å²) in [6.07, 6.45) is 0. The van der Waals surface area contributed by atoms with Gasteiger partial charge in [-0.1, -0.05) is 59.6 Å². The standard InChI is InChI=1S/C27H28Cl2N2O/c1-17-5-7-21(8-6-17)26-16-30(20(4)27-18(2)13-23(32)14-19(27)3)11-12-31(26)25-10-9-22(28)15-24(25)29/h5-10,13-15,26,32H,4,11-12,16H2,1-3H3. The molecule has 1 heterocycles. The first-order valence-corrected chi connectivity index (χ1v) is 11.5. The summed E-state index contributed by atoms with van der Waals surface area (Å²) >= 11 is 12.8. The zero-order valence-electron chi connectivity index (χ0n) is 18.7. The van der Waals surface area contributed by atoms with Crippen LogP contribution in [-0.4, -0.2) is 29.6 Å². The zero-order chi connectivity index (χ0) is 23.0.